The highest BCUT2D eigenvalue weighted by atomic mass is 16.4. The molecule has 1 aromatic rings. The van der Waals surface area contributed by atoms with E-state index in [0.717, 1.165) is 0 Å². The Hall–Kier alpha value is -1.88. The highest BCUT2D eigenvalue weighted by Gasteiger charge is 2.35. The number of hydrogen-bond acceptors (Lipinski definition) is 3. The number of likely N-dealkylation sites (N-methyl/N-ethyl adjacent to an activating group) is 1. The molecular formula is C15H20N2O3. The molecule has 2 rings (SSSR count). The third-order valence-corrected chi connectivity index (χ3v) is 3.97. The first-order valence-corrected chi connectivity index (χ1v) is 6.78. The standard InChI is InChI=1S/C15H20N2O3/c1-11-13(10-14(18)19)16(2)8-9-17(11)15(20)12-6-4-3-5-7-12/h3-7,11,13H,8-10H2,1-2H3,(H,18,19)/t11-,13+/m0/s1. The van der Waals surface area contributed by atoms with Gasteiger partial charge in [0.25, 0.3) is 5.91 Å². The molecule has 1 heterocycles. The first-order chi connectivity index (χ1) is 9.50. The van der Waals surface area contributed by atoms with E-state index in [9.17, 15) is 9.59 Å². The summed E-state index contributed by atoms with van der Waals surface area (Å²) in [6.07, 6.45) is 0.0518. The molecule has 1 amide bonds. The minimum absolute atomic E-state index is 0.0263. The molecule has 1 aliphatic heterocycles. The summed E-state index contributed by atoms with van der Waals surface area (Å²) in [5.74, 6) is -0.857. The molecule has 5 nitrogen and oxygen atoms in total. The second-order valence-corrected chi connectivity index (χ2v) is 5.25. The number of aliphatic carboxylic acids is 1. The summed E-state index contributed by atoms with van der Waals surface area (Å²) in [5, 5.41) is 9.01. The number of nitrogens with zero attached hydrogens (tertiary/aromatic N) is 2. The molecule has 1 aromatic carbocycles. The van der Waals surface area contributed by atoms with Gasteiger partial charge < -0.3 is 10.0 Å². The van der Waals surface area contributed by atoms with Gasteiger partial charge in [0, 0.05) is 30.7 Å². The molecule has 108 valence electrons. The Kier molecular flexibility index (Phi) is 4.39. The van der Waals surface area contributed by atoms with Crippen molar-refractivity contribution in [2.24, 2.45) is 0 Å². The Balaban J connectivity index is 2.16. The maximum Gasteiger partial charge on any atom is 0.305 e. The molecule has 0 saturated carbocycles. The van der Waals surface area contributed by atoms with E-state index in [1.807, 2.05) is 37.1 Å². The fourth-order valence-corrected chi connectivity index (χ4v) is 2.75. The molecule has 0 aliphatic carbocycles. The fraction of sp³-hybridized carbons (Fsp3) is 0.467. The van der Waals surface area contributed by atoms with E-state index in [4.69, 9.17) is 5.11 Å². The van der Waals surface area contributed by atoms with Crippen molar-refractivity contribution in [3.63, 3.8) is 0 Å². The van der Waals surface area contributed by atoms with Crippen molar-refractivity contribution in [3.8, 4) is 0 Å². The minimum Gasteiger partial charge on any atom is -0.481 e. The molecule has 0 bridgehead atoms. The second kappa shape index (κ2) is 6.05. The molecule has 20 heavy (non-hydrogen) atoms. The lowest BCUT2D eigenvalue weighted by atomic mass is 9.99. The molecule has 0 unspecified atom stereocenters. The number of carbonyl (C=O) groups is 2. The van der Waals surface area contributed by atoms with Crippen LogP contribution in [0.15, 0.2) is 30.3 Å². The van der Waals surface area contributed by atoms with E-state index in [-0.39, 0.29) is 24.4 Å². The Labute approximate surface area is 118 Å². The van der Waals surface area contributed by atoms with Crippen LogP contribution in [0.3, 0.4) is 0 Å². The van der Waals surface area contributed by atoms with E-state index in [0.29, 0.717) is 18.7 Å². The zero-order chi connectivity index (χ0) is 14.7. The molecule has 2 atom stereocenters. The lowest BCUT2D eigenvalue weighted by Gasteiger charge is -2.44. The fourth-order valence-electron chi connectivity index (χ4n) is 2.75. The Morgan fingerprint density at radius 2 is 1.90 bits per heavy atom. The highest BCUT2D eigenvalue weighted by molar-refractivity contribution is 5.94. The summed E-state index contributed by atoms with van der Waals surface area (Å²) < 4.78 is 0. The third kappa shape index (κ3) is 2.99. The van der Waals surface area contributed by atoms with Gasteiger partial charge in [-0.1, -0.05) is 18.2 Å². The van der Waals surface area contributed by atoms with Crippen LogP contribution in [0.2, 0.25) is 0 Å². The van der Waals surface area contributed by atoms with Crippen molar-refractivity contribution in [2.45, 2.75) is 25.4 Å². The summed E-state index contributed by atoms with van der Waals surface area (Å²) in [4.78, 5) is 27.3. The number of carboxylic acid groups (broad SMARTS) is 1. The molecule has 5 heteroatoms. The zero-order valence-corrected chi connectivity index (χ0v) is 11.8. The first-order valence-electron chi connectivity index (χ1n) is 6.78. The normalized spacial score (nSPS) is 23.6. The summed E-state index contributed by atoms with van der Waals surface area (Å²) >= 11 is 0. The monoisotopic (exact) mass is 276 g/mol. The maximum absolute atomic E-state index is 12.5. The van der Waals surface area contributed by atoms with Crippen molar-refractivity contribution in [2.75, 3.05) is 20.1 Å². The van der Waals surface area contributed by atoms with Crippen LogP contribution in [-0.2, 0) is 4.79 Å². The van der Waals surface area contributed by atoms with Crippen LogP contribution < -0.4 is 0 Å². The third-order valence-electron chi connectivity index (χ3n) is 3.97. The first kappa shape index (κ1) is 14.5. The molecular weight excluding hydrogens is 256 g/mol. The molecule has 1 saturated heterocycles. The van der Waals surface area contributed by atoms with Crippen molar-refractivity contribution in [1.82, 2.24) is 9.80 Å². The number of hydrogen-bond donors (Lipinski definition) is 1. The van der Waals surface area contributed by atoms with E-state index < -0.39 is 5.97 Å². The van der Waals surface area contributed by atoms with Crippen molar-refractivity contribution in [1.29, 1.82) is 0 Å². The minimum atomic E-state index is -0.831. The quantitative estimate of drug-likeness (QED) is 0.904. The van der Waals surface area contributed by atoms with Crippen LogP contribution in [0.4, 0.5) is 0 Å². The number of benzene rings is 1. The molecule has 0 radical (unpaired) electrons. The predicted molar refractivity (Wildman–Crippen MR) is 75.6 cm³/mol. The topological polar surface area (TPSA) is 60.9 Å². The number of amides is 1. The van der Waals surface area contributed by atoms with Gasteiger partial charge in [-0.3, -0.25) is 14.5 Å². The van der Waals surface area contributed by atoms with E-state index >= 15 is 0 Å². The van der Waals surface area contributed by atoms with Crippen molar-refractivity contribution in [3.05, 3.63) is 35.9 Å². The van der Waals surface area contributed by atoms with Gasteiger partial charge in [0.05, 0.1) is 6.42 Å². The summed E-state index contributed by atoms with van der Waals surface area (Å²) in [5.41, 5.74) is 0.651. The molecule has 1 aliphatic rings. The SMILES string of the molecule is C[C@H]1[C@@H](CC(=O)O)N(C)CCN1C(=O)c1ccccc1. The molecule has 0 spiro atoms. The van der Waals surface area contributed by atoms with E-state index in [1.54, 1.807) is 17.0 Å². The van der Waals surface area contributed by atoms with Gasteiger partial charge in [-0.05, 0) is 26.1 Å². The number of carbonyl (C=O) groups excluding carboxylic acids is 1. The Morgan fingerprint density at radius 3 is 2.50 bits per heavy atom. The van der Waals surface area contributed by atoms with E-state index in [2.05, 4.69) is 0 Å². The van der Waals surface area contributed by atoms with Gasteiger partial charge in [0.2, 0.25) is 0 Å². The van der Waals surface area contributed by atoms with Crippen molar-refractivity contribution < 1.29 is 14.7 Å². The van der Waals surface area contributed by atoms with Gasteiger partial charge in [0.15, 0.2) is 0 Å². The van der Waals surface area contributed by atoms with Gasteiger partial charge in [-0.25, -0.2) is 0 Å². The summed E-state index contributed by atoms with van der Waals surface area (Å²) in [6, 6.07) is 8.87. The van der Waals surface area contributed by atoms with Crippen LogP contribution in [0.5, 0.6) is 0 Å². The maximum atomic E-state index is 12.5. The van der Waals surface area contributed by atoms with Crippen LogP contribution in [0, 0.1) is 0 Å². The number of piperazine rings is 1. The van der Waals surface area contributed by atoms with Gasteiger partial charge in [-0.15, -0.1) is 0 Å². The highest BCUT2D eigenvalue weighted by Crippen LogP contribution is 2.20. The van der Waals surface area contributed by atoms with Crippen LogP contribution in [0.1, 0.15) is 23.7 Å². The molecule has 0 aromatic heterocycles. The van der Waals surface area contributed by atoms with Crippen LogP contribution in [-0.4, -0.2) is 59.0 Å². The van der Waals surface area contributed by atoms with Gasteiger partial charge >= 0.3 is 5.97 Å². The Bertz CT molecular complexity index is 489. The van der Waals surface area contributed by atoms with Gasteiger partial charge in [0.1, 0.15) is 0 Å². The van der Waals surface area contributed by atoms with Crippen LogP contribution in [0.25, 0.3) is 0 Å². The number of rotatable bonds is 3. The summed E-state index contributed by atoms with van der Waals surface area (Å²) in [7, 11) is 1.91. The lowest BCUT2D eigenvalue weighted by Crippen LogP contribution is -2.59. The summed E-state index contributed by atoms with van der Waals surface area (Å²) in [6.45, 7) is 3.24. The molecule has 1 fully saturated rings. The zero-order valence-electron chi connectivity index (χ0n) is 11.8. The average Bonchev–Trinajstić information content (AvgIpc) is 2.43. The largest absolute Gasteiger partial charge is 0.481 e. The predicted octanol–water partition coefficient (Wildman–Crippen LogP) is 1.31. The van der Waals surface area contributed by atoms with Gasteiger partial charge in [-0.2, -0.15) is 0 Å². The Morgan fingerprint density at radius 1 is 1.25 bits per heavy atom. The molecule has 1 N–H and O–H groups in total. The number of carboxylic acids is 1. The van der Waals surface area contributed by atoms with Crippen LogP contribution >= 0.6 is 0 Å². The lowest BCUT2D eigenvalue weighted by molar-refractivity contribution is -0.139. The average molecular weight is 276 g/mol. The van der Waals surface area contributed by atoms with Crippen molar-refractivity contribution >= 4 is 11.9 Å². The smallest absolute Gasteiger partial charge is 0.305 e. The van der Waals surface area contributed by atoms with E-state index in [1.165, 1.54) is 0 Å². The second-order valence-electron chi connectivity index (χ2n) is 5.25.